The largest absolute Gasteiger partial charge is 0.481 e. The molecule has 0 aliphatic carbocycles. The number of nitrogens with zero attached hydrogens (tertiary/aromatic N) is 2. The molecule has 96 valence electrons. The van der Waals surface area contributed by atoms with Crippen molar-refractivity contribution in [3.05, 3.63) is 0 Å². The molecule has 2 fully saturated rings. The van der Waals surface area contributed by atoms with Gasteiger partial charge in [0.2, 0.25) is 0 Å². The van der Waals surface area contributed by atoms with E-state index in [1.807, 2.05) is 4.90 Å². The molecule has 2 saturated heterocycles. The summed E-state index contributed by atoms with van der Waals surface area (Å²) in [4.78, 5) is 26.2. The van der Waals surface area contributed by atoms with Gasteiger partial charge < -0.3 is 14.9 Å². The number of hydrogen-bond donors (Lipinski definition) is 1. The number of amides is 2. The van der Waals surface area contributed by atoms with E-state index in [2.05, 4.69) is 13.8 Å². The third-order valence-corrected chi connectivity index (χ3v) is 4.11. The van der Waals surface area contributed by atoms with Crippen molar-refractivity contribution in [1.82, 2.24) is 9.80 Å². The van der Waals surface area contributed by atoms with Gasteiger partial charge in [0.25, 0.3) is 0 Å². The van der Waals surface area contributed by atoms with Crippen LogP contribution in [-0.2, 0) is 4.79 Å². The van der Waals surface area contributed by atoms with Gasteiger partial charge in [0.1, 0.15) is 0 Å². The molecule has 0 aromatic rings. The number of carbonyl (C=O) groups is 2. The summed E-state index contributed by atoms with van der Waals surface area (Å²) in [7, 11) is 0. The first kappa shape index (κ1) is 12.2. The molecular formula is C12H20N2O3. The highest BCUT2D eigenvalue weighted by molar-refractivity contribution is 5.79. The highest BCUT2D eigenvalue weighted by atomic mass is 16.4. The van der Waals surface area contributed by atoms with E-state index in [1.54, 1.807) is 4.90 Å². The Morgan fingerprint density at radius 3 is 2.24 bits per heavy atom. The van der Waals surface area contributed by atoms with Gasteiger partial charge in [-0.15, -0.1) is 0 Å². The second-order valence-electron chi connectivity index (χ2n) is 5.41. The van der Waals surface area contributed by atoms with Crippen LogP contribution in [0, 0.1) is 17.8 Å². The molecule has 0 saturated carbocycles. The summed E-state index contributed by atoms with van der Waals surface area (Å²) in [5.41, 5.74) is 0. The lowest BCUT2D eigenvalue weighted by Gasteiger charge is -2.43. The van der Waals surface area contributed by atoms with Gasteiger partial charge in [-0.2, -0.15) is 0 Å². The number of piperidine rings is 1. The number of likely N-dealkylation sites (tertiary alicyclic amines) is 2. The van der Waals surface area contributed by atoms with E-state index in [0.717, 1.165) is 19.5 Å². The third kappa shape index (κ3) is 2.37. The number of carboxylic acids is 1. The normalized spacial score (nSPS) is 30.0. The summed E-state index contributed by atoms with van der Waals surface area (Å²) >= 11 is 0. The van der Waals surface area contributed by atoms with Gasteiger partial charge in [0, 0.05) is 26.2 Å². The van der Waals surface area contributed by atoms with Crippen LogP contribution in [0.3, 0.4) is 0 Å². The zero-order valence-electron chi connectivity index (χ0n) is 10.4. The average molecular weight is 240 g/mol. The first-order chi connectivity index (χ1) is 7.99. The van der Waals surface area contributed by atoms with E-state index in [4.69, 9.17) is 5.11 Å². The van der Waals surface area contributed by atoms with Crippen molar-refractivity contribution in [1.29, 1.82) is 0 Å². The van der Waals surface area contributed by atoms with Crippen molar-refractivity contribution in [2.24, 2.45) is 17.8 Å². The van der Waals surface area contributed by atoms with Crippen molar-refractivity contribution in [2.45, 2.75) is 20.3 Å². The van der Waals surface area contributed by atoms with Crippen molar-refractivity contribution >= 4 is 12.0 Å². The molecule has 17 heavy (non-hydrogen) atoms. The van der Waals surface area contributed by atoms with Crippen LogP contribution in [0.4, 0.5) is 4.79 Å². The van der Waals surface area contributed by atoms with Crippen LogP contribution >= 0.6 is 0 Å². The maximum atomic E-state index is 12.1. The predicted octanol–water partition coefficient (Wildman–Crippen LogP) is 1.10. The first-order valence-corrected chi connectivity index (χ1v) is 6.25. The number of urea groups is 1. The molecule has 0 aromatic carbocycles. The Balaban J connectivity index is 1.84. The molecule has 0 radical (unpaired) electrons. The van der Waals surface area contributed by atoms with Gasteiger partial charge in [-0.3, -0.25) is 4.79 Å². The van der Waals surface area contributed by atoms with E-state index >= 15 is 0 Å². The van der Waals surface area contributed by atoms with Crippen LogP contribution in [0.1, 0.15) is 20.3 Å². The van der Waals surface area contributed by atoms with Crippen molar-refractivity contribution in [2.75, 3.05) is 26.2 Å². The van der Waals surface area contributed by atoms with E-state index < -0.39 is 5.97 Å². The Morgan fingerprint density at radius 2 is 1.71 bits per heavy atom. The number of carbonyl (C=O) groups excluding carboxylic acids is 1. The molecule has 0 spiro atoms. The number of aliphatic carboxylic acids is 1. The van der Waals surface area contributed by atoms with Crippen LogP contribution in [0.2, 0.25) is 0 Å². The molecule has 5 nitrogen and oxygen atoms in total. The fourth-order valence-electron chi connectivity index (χ4n) is 2.43. The molecule has 2 unspecified atom stereocenters. The molecule has 2 atom stereocenters. The molecule has 0 aromatic heterocycles. The Hall–Kier alpha value is -1.26. The van der Waals surface area contributed by atoms with Crippen LogP contribution in [-0.4, -0.2) is 53.1 Å². The minimum absolute atomic E-state index is 0.0150. The van der Waals surface area contributed by atoms with Gasteiger partial charge in [-0.1, -0.05) is 13.8 Å². The predicted molar refractivity (Wildman–Crippen MR) is 62.6 cm³/mol. The lowest BCUT2D eigenvalue weighted by atomic mass is 9.89. The van der Waals surface area contributed by atoms with Gasteiger partial charge in [-0.25, -0.2) is 4.79 Å². The maximum absolute atomic E-state index is 12.1. The van der Waals surface area contributed by atoms with E-state index in [1.165, 1.54) is 0 Å². The molecule has 1 N–H and O–H groups in total. The Labute approximate surface area is 101 Å². The Kier molecular flexibility index (Phi) is 3.26. The quantitative estimate of drug-likeness (QED) is 0.746. The van der Waals surface area contributed by atoms with E-state index in [0.29, 0.717) is 24.9 Å². The third-order valence-electron chi connectivity index (χ3n) is 4.11. The lowest BCUT2D eigenvalue weighted by molar-refractivity contribution is -0.146. The molecule has 2 aliphatic heterocycles. The zero-order valence-corrected chi connectivity index (χ0v) is 10.4. The number of carboxylic acid groups (broad SMARTS) is 1. The highest BCUT2D eigenvalue weighted by Crippen LogP contribution is 2.25. The maximum Gasteiger partial charge on any atom is 0.320 e. The SMILES string of the molecule is CC1CCN(C(=O)N2CC(C(=O)O)C2)CC1C. The molecular weight excluding hydrogens is 220 g/mol. The monoisotopic (exact) mass is 240 g/mol. The molecule has 2 rings (SSSR count). The Bertz CT molecular complexity index is 326. The minimum Gasteiger partial charge on any atom is -0.481 e. The topological polar surface area (TPSA) is 60.9 Å². The molecule has 5 heteroatoms. The van der Waals surface area contributed by atoms with Crippen molar-refractivity contribution < 1.29 is 14.7 Å². The second kappa shape index (κ2) is 4.55. The average Bonchev–Trinajstić information content (AvgIpc) is 2.19. The molecule has 0 bridgehead atoms. The molecule has 2 aliphatic rings. The van der Waals surface area contributed by atoms with Gasteiger partial charge >= 0.3 is 12.0 Å². The second-order valence-corrected chi connectivity index (χ2v) is 5.41. The standard InChI is InChI=1S/C12H20N2O3/c1-8-3-4-13(5-9(8)2)12(17)14-6-10(7-14)11(15)16/h8-10H,3-7H2,1-2H3,(H,15,16). The lowest BCUT2D eigenvalue weighted by Crippen LogP contribution is -2.58. The van der Waals surface area contributed by atoms with Crippen molar-refractivity contribution in [3.63, 3.8) is 0 Å². The van der Waals surface area contributed by atoms with E-state index in [9.17, 15) is 9.59 Å². The van der Waals surface area contributed by atoms with Crippen LogP contribution in [0.5, 0.6) is 0 Å². The smallest absolute Gasteiger partial charge is 0.320 e. The summed E-state index contributed by atoms with van der Waals surface area (Å²) in [5, 5.41) is 8.77. The summed E-state index contributed by atoms with van der Waals surface area (Å²) in [6, 6.07) is 0.0150. The number of rotatable bonds is 1. The van der Waals surface area contributed by atoms with Gasteiger partial charge in [0.05, 0.1) is 5.92 Å². The number of hydrogen-bond acceptors (Lipinski definition) is 2. The minimum atomic E-state index is -0.797. The highest BCUT2D eigenvalue weighted by Gasteiger charge is 2.38. The van der Waals surface area contributed by atoms with Crippen LogP contribution < -0.4 is 0 Å². The first-order valence-electron chi connectivity index (χ1n) is 6.25. The Morgan fingerprint density at radius 1 is 1.06 bits per heavy atom. The fraction of sp³-hybridized carbons (Fsp3) is 0.833. The van der Waals surface area contributed by atoms with E-state index in [-0.39, 0.29) is 11.9 Å². The van der Waals surface area contributed by atoms with Gasteiger partial charge in [-0.05, 0) is 18.3 Å². The summed E-state index contributed by atoms with van der Waals surface area (Å²) in [6.07, 6.45) is 1.04. The molecule has 2 amide bonds. The summed E-state index contributed by atoms with van der Waals surface area (Å²) in [6.45, 7) is 6.73. The summed E-state index contributed by atoms with van der Waals surface area (Å²) < 4.78 is 0. The molecule has 2 heterocycles. The summed E-state index contributed by atoms with van der Waals surface area (Å²) in [5.74, 6) is 0.0428. The van der Waals surface area contributed by atoms with Crippen LogP contribution in [0.15, 0.2) is 0 Å². The van der Waals surface area contributed by atoms with Gasteiger partial charge in [0.15, 0.2) is 0 Å². The zero-order chi connectivity index (χ0) is 12.6. The fourth-order valence-corrected chi connectivity index (χ4v) is 2.43. The van der Waals surface area contributed by atoms with Crippen LogP contribution in [0.25, 0.3) is 0 Å². The van der Waals surface area contributed by atoms with Crippen molar-refractivity contribution in [3.8, 4) is 0 Å².